The van der Waals surface area contributed by atoms with Crippen LogP contribution in [0.4, 0.5) is 10.5 Å². The number of nitrogens with two attached hydrogens (primary N) is 1. The zero-order valence-electron chi connectivity index (χ0n) is 11.7. The molecule has 0 unspecified atom stereocenters. The molecule has 5 heteroatoms. The lowest BCUT2D eigenvalue weighted by molar-refractivity contribution is 0.0635. The summed E-state index contributed by atoms with van der Waals surface area (Å²) >= 11 is 0. The normalized spacial score (nSPS) is 11.0. The Kier molecular flexibility index (Phi) is 4.67. The van der Waals surface area contributed by atoms with Gasteiger partial charge in [0, 0.05) is 11.3 Å². The first-order chi connectivity index (χ1) is 8.73. The van der Waals surface area contributed by atoms with Gasteiger partial charge >= 0.3 is 6.09 Å². The van der Waals surface area contributed by atoms with Crippen molar-refractivity contribution in [2.75, 3.05) is 11.9 Å². The number of hydrogen-bond donors (Lipinski definition) is 2. The molecule has 0 saturated heterocycles. The average molecular weight is 264 g/mol. The Labute approximate surface area is 113 Å². The predicted octanol–water partition coefficient (Wildman–Crippen LogP) is 2.48. The largest absolute Gasteiger partial charge is 0.444 e. The van der Waals surface area contributed by atoms with Crippen molar-refractivity contribution in [2.24, 2.45) is 5.73 Å². The van der Waals surface area contributed by atoms with E-state index in [9.17, 15) is 9.59 Å². The number of amides is 1. The van der Waals surface area contributed by atoms with Crippen LogP contribution in [0.5, 0.6) is 0 Å². The average Bonchev–Trinajstić information content (AvgIpc) is 2.28. The van der Waals surface area contributed by atoms with Crippen LogP contribution in [-0.4, -0.2) is 24.0 Å². The Hall–Kier alpha value is -1.88. The number of carbonyl (C=O) groups is 2. The lowest BCUT2D eigenvalue weighted by Crippen LogP contribution is -2.27. The molecule has 5 nitrogen and oxygen atoms in total. The summed E-state index contributed by atoms with van der Waals surface area (Å²) in [5.41, 5.74) is 6.62. The monoisotopic (exact) mass is 264 g/mol. The molecule has 0 aromatic heterocycles. The molecule has 1 aromatic carbocycles. The van der Waals surface area contributed by atoms with Gasteiger partial charge in [0.2, 0.25) is 0 Å². The number of carbonyl (C=O) groups excluding carboxylic acids is 2. The van der Waals surface area contributed by atoms with Gasteiger partial charge in [-0.3, -0.25) is 10.1 Å². The number of ketones is 1. The predicted molar refractivity (Wildman–Crippen MR) is 74.4 cm³/mol. The Morgan fingerprint density at radius 1 is 1.32 bits per heavy atom. The van der Waals surface area contributed by atoms with Crippen molar-refractivity contribution in [1.29, 1.82) is 0 Å². The van der Waals surface area contributed by atoms with Crippen molar-refractivity contribution < 1.29 is 14.3 Å². The molecule has 0 atom stereocenters. The Morgan fingerprint density at radius 2 is 1.95 bits per heavy atom. The van der Waals surface area contributed by atoms with Crippen LogP contribution in [0.1, 0.15) is 36.7 Å². The third-order valence-electron chi connectivity index (χ3n) is 2.38. The van der Waals surface area contributed by atoms with Crippen molar-refractivity contribution in [3.8, 4) is 0 Å². The van der Waals surface area contributed by atoms with E-state index < -0.39 is 11.7 Å². The highest BCUT2D eigenvalue weighted by Gasteiger charge is 2.17. The summed E-state index contributed by atoms with van der Waals surface area (Å²) in [7, 11) is 0. The summed E-state index contributed by atoms with van der Waals surface area (Å²) in [6.45, 7) is 7.13. The summed E-state index contributed by atoms with van der Waals surface area (Å²) in [4.78, 5) is 23.2. The van der Waals surface area contributed by atoms with Crippen molar-refractivity contribution in [3.05, 3.63) is 29.3 Å². The topological polar surface area (TPSA) is 81.4 Å². The standard InChI is InChI=1S/C14H20N2O3/c1-9-5-6-10(12(17)8-15)7-11(9)16-13(18)19-14(2,3)4/h5-7H,8,15H2,1-4H3,(H,16,18). The van der Waals surface area contributed by atoms with Gasteiger partial charge in [-0.25, -0.2) is 4.79 Å². The molecule has 1 rings (SSSR count). The molecular formula is C14H20N2O3. The SMILES string of the molecule is Cc1ccc(C(=O)CN)cc1NC(=O)OC(C)(C)C. The maximum atomic E-state index is 11.7. The van der Waals surface area contributed by atoms with E-state index in [0.29, 0.717) is 11.3 Å². The molecule has 0 bridgehead atoms. The minimum absolute atomic E-state index is 0.0606. The number of anilines is 1. The summed E-state index contributed by atoms with van der Waals surface area (Å²) in [5.74, 6) is -0.174. The third-order valence-corrected chi connectivity index (χ3v) is 2.38. The molecule has 0 aliphatic rings. The zero-order valence-corrected chi connectivity index (χ0v) is 11.7. The van der Waals surface area contributed by atoms with Crippen LogP contribution in [0, 0.1) is 6.92 Å². The molecule has 19 heavy (non-hydrogen) atoms. The quantitative estimate of drug-likeness (QED) is 0.822. The van der Waals surface area contributed by atoms with Crippen molar-refractivity contribution in [3.63, 3.8) is 0 Å². The fourth-order valence-electron chi connectivity index (χ4n) is 1.46. The van der Waals surface area contributed by atoms with Crippen LogP contribution < -0.4 is 11.1 Å². The van der Waals surface area contributed by atoms with E-state index in [0.717, 1.165) is 5.56 Å². The first-order valence-corrected chi connectivity index (χ1v) is 6.07. The number of nitrogens with one attached hydrogen (secondary N) is 1. The molecular weight excluding hydrogens is 244 g/mol. The molecule has 0 heterocycles. The van der Waals surface area contributed by atoms with Crippen LogP contribution in [0.15, 0.2) is 18.2 Å². The molecule has 104 valence electrons. The first-order valence-electron chi connectivity index (χ1n) is 6.07. The molecule has 0 radical (unpaired) electrons. The minimum atomic E-state index is -0.567. The van der Waals surface area contributed by atoms with E-state index in [4.69, 9.17) is 10.5 Å². The summed E-state index contributed by atoms with van der Waals surface area (Å²) in [6, 6.07) is 5.05. The second kappa shape index (κ2) is 5.84. The van der Waals surface area contributed by atoms with Crippen LogP contribution in [0.25, 0.3) is 0 Å². The van der Waals surface area contributed by atoms with E-state index in [1.165, 1.54) is 0 Å². The number of rotatable bonds is 3. The van der Waals surface area contributed by atoms with Gasteiger partial charge in [0.1, 0.15) is 5.60 Å². The van der Waals surface area contributed by atoms with E-state index in [-0.39, 0.29) is 12.3 Å². The van der Waals surface area contributed by atoms with E-state index in [1.54, 1.807) is 39.0 Å². The second-order valence-electron chi connectivity index (χ2n) is 5.28. The Bertz CT molecular complexity index is 490. The zero-order chi connectivity index (χ0) is 14.6. The molecule has 3 N–H and O–H groups in total. The maximum Gasteiger partial charge on any atom is 0.412 e. The number of aryl methyl sites for hydroxylation is 1. The van der Waals surface area contributed by atoms with E-state index in [2.05, 4.69) is 5.32 Å². The lowest BCUT2D eigenvalue weighted by atomic mass is 10.1. The fourth-order valence-corrected chi connectivity index (χ4v) is 1.46. The molecule has 0 fully saturated rings. The number of ether oxygens (including phenoxy) is 1. The second-order valence-corrected chi connectivity index (χ2v) is 5.28. The van der Waals surface area contributed by atoms with Crippen LogP contribution in [0.3, 0.4) is 0 Å². The van der Waals surface area contributed by atoms with Gasteiger partial charge in [0.25, 0.3) is 0 Å². The van der Waals surface area contributed by atoms with Gasteiger partial charge in [0.15, 0.2) is 5.78 Å². The first kappa shape index (κ1) is 15.2. The molecule has 0 spiro atoms. The van der Waals surface area contributed by atoms with Gasteiger partial charge in [-0.15, -0.1) is 0 Å². The number of hydrogen-bond acceptors (Lipinski definition) is 4. The summed E-state index contributed by atoms with van der Waals surface area (Å²) in [5, 5.41) is 2.63. The van der Waals surface area contributed by atoms with Crippen molar-refractivity contribution in [2.45, 2.75) is 33.3 Å². The highest BCUT2D eigenvalue weighted by molar-refractivity contribution is 5.99. The highest BCUT2D eigenvalue weighted by Crippen LogP contribution is 2.18. The van der Waals surface area contributed by atoms with Gasteiger partial charge in [-0.2, -0.15) is 0 Å². The Balaban J connectivity index is 2.88. The molecule has 1 aromatic rings. The van der Waals surface area contributed by atoms with Gasteiger partial charge in [-0.1, -0.05) is 12.1 Å². The Morgan fingerprint density at radius 3 is 2.47 bits per heavy atom. The van der Waals surface area contributed by atoms with Crippen molar-refractivity contribution in [1.82, 2.24) is 0 Å². The van der Waals surface area contributed by atoms with E-state index in [1.807, 2.05) is 6.92 Å². The van der Waals surface area contributed by atoms with Crippen LogP contribution in [0.2, 0.25) is 0 Å². The number of benzene rings is 1. The van der Waals surface area contributed by atoms with Gasteiger partial charge in [0.05, 0.1) is 6.54 Å². The van der Waals surface area contributed by atoms with E-state index >= 15 is 0 Å². The molecule has 1 amide bonds. The molecule has 0 saturated carbocycles. The van der Waals surface area contributed by atoms with Crippen LogP contribution >= 0.6 is 0 Å². The van der Waals surface area contributed by atoms with Crippen LogP contribution in [-0.2, 0) is 4.74 Å². The fraction of sp³-hybridized carbons (Fsp3) is 0.429. The summed E-state index contributed by atoms with van der Waals surface area (Å²) < 4.78 is 5.16. The molecule has 0 aliphatic heterocycles. The highest BCUT2D eigenvalue weighted by atomic mass is 16.6. The minimum Gasteiger partial charge on any atom is -0.444 e. The maximum absolute atomic E-state index is 11.7. The van der Waals surface area contributed by atoms with Gasteiger partial charge in [-0.05, 0) is 39.3 Å². The smallest absolute Gasteiger partial charge is 0.412 e. The lowest BCUT2D eigenvalue weighted by Gasteiger charge is -2.20. The number of Topliss-reactive ketones (excluding diaryl/α,β-unsaturated/α-hetero) is 1. The molecule has 0 aliphatic carbocycles. The third kappa shape index (κ3) is 4.71. The summed E-state index contributed by atoms with van der Waals surface area (Å²) in [6.07, 6.45) is -0.548. The van der Waals surface area contributed by atoms with Gasteiger partial charge < -0.3 is 10.5 Å². The van der Waals surface area contributed by atoms with Crippen molar-refractivity contribution >= 4 is 17.6 Å².